The van der Waals surface area contributed by atoms with E-state index in [0.717, 1.165) is 29.5 Å². The molecule has 8 heteroatoms. The molecule has 8 nitrogen and oxygen atoms in total. The molecule has 34 heavy (non-hydrogen) atoms. The minimum Gasteiger partial charge on any atom is -0.463 e. The first kappa shape index (κ1) is 24.3. The minimum absolute atomic E-state index is 0.210. The van der Waals surface area contributed by atoms with Crippen molar-refractivity contribution in [1.82, 2.24) is 20.0 Å². The van der Waals surface area contributed by atoms with E-state index in [1.165, 1.54) is 0 Å². The van der Waals surface area contributed by atoms with Crippen LogP contribution in [0.3, 0.4) is 0 Å². The number of rotatable bonds is 7. The van der Waals surface area contributed by atoms with E-state index in [-0.39, 0.29) is 24.5 Å². The lowest BCUT2D eigenvalue weighted by Gasteiger charge is -2.40. The normalized spacial score (nSPS) is 21.5. The maximum absolute atomic E-state index is 13.3. The third-order valence-corrected chi connectivity index (χ3v) is 6.97. The summed E-state index contributed by atoms with van der Waals surface area (Å²) in [6.45, 7) is 11.7. The zero-order valence-corrected chi connectivity index (χ0v) is 20.7. The summed E-state index contributed by atoms with van der Waals surface area (Å²) in [5, 5.41) is 3.05. The third kappa shape index (κ3) is 4.97. The number of amides is 3. The number of ether oxygens (including phenoxy) is 1. The summed E-state index contributed by atoms with van der Waals surface area (Å²) >= 11 is 0. The van der Waals surface area contributed by atoms with E-state index in [1.807, 2.05) is 37.8 Å². The first-order chi connectivity index (χ1) is 16.3. The van der Waals surface area contributed by atoms with Crippen LogP contribution < -0.4 is 5.32 Å². The Kier molecular flexibility index (Phi) is 7.26. The van der Waals surface area contributed by atoms with E-state index < -0.39 is 12.0 Å². The van der Waals surface area contributed by atoms with Crippen molar-refractivity contribution in [2.75, 3.05) is 45.9 Å². The monoisotopic (exact) mass is 468 g/mol. The lowest BCUT2D eigenvalue weighted by molar-refractivity contribution is -0.139. The van der Waals surface area contributed by atoms with Crippen LogP contribution in [0.5, 0.6) is 0 Å². The van der Waals surface area contributed by atoms with Crippen molar-refractivity contribution in [2.45, 2.75) is 46.6 Å². The van der Waals surface area contributed by atoms with Crippen molar-refractivity contribution in [2.24, 2.45) is 5.92 Å². The molecule has 1 saturated heterocycles. The SMILES string of the molecule is CCOC(=O)C1=C(CN2CCN(C(=O)C3CC3)CC2)N(CC)C(=O)NC1c1ccc(C)cc1C. The van der Waals surface area contributed by atoms with Gasteiger partial charge in [-0.15, -0.1) is 0 Å². The molecule has 0 spiro atoms. The lowest BCUT2D eigenvalue weighted by atomic mass is 9.90. The number of nitrogens with zero attached hydrogens (tertiary/aromatic N) is 3. The molecule has 2 fully saturated rings. The molecule has 0 radical (unpaired) electrons. The summed E-state index contributed by atoms with van der Waals surface area (Å²) in [7, 11) is 0. The highest BCUT2D eigenvalue weighted by atomic mass is 16.5. The van der Waals surface area contributed by atoms with Crippen LogP contribution in [0.4, 0.5) is 4.79 Å². The van der Waals surface area contributed by atoms with Crippen LogP contribution >= 0.6 is 0 Å². The fourth-order valence-electron chi connectivity index (χ4n) is 4.97. The minimum atomic E-state index is -0.567. The molecule has 1 unspecified atom stereocenters. The molecule has 0 aromatic heterocycles. The van der Waals surface area contributed by atoms with Crippen LogP contribution in [-0.2, 0) is 14.3 Å². The number of benzene rings is 1. The number of urea groups is 1. The van der Waals surface area contributed by atoms with Gasteiger partial charge < -0.3 is 15.0 Å². The zero-order chi connectivity index (χ0) is 24.4. The number of nitrogens with one attached hydrogen (secondary N) is 1. The molecule has 1 saturated carbocycles. The number of carbonyl (C=O) groups excluding carboxylic acids is 3. The van der Waals surface area contributed by atoms with Gasteiger partial charge in [0.05, 0.1) is 18.2 Å². The van der Waals surface area contributed by atoms with Crippen molar-refractivity contribution in [3.63, 3.8) is 0 Å². The highest BCUT2D eigenvalue weighted by Crippen LogP contribution is 2.34. The smallest absolute Gasteiger partial charge is 0.338 e. The Labute approximate surface area is 201 Å². The number of aryl methyl sites for hydroxylation is 2. The topological polar surface area (TPSA) is 82.2 Å². The Hall–Kier alpha value is -2.87. The average Bonchev–Trinajstić information content (AvgIpc) is 3.65. The third-order valence-electron chi connectivity index (χ3n) is 6.97. The molecule has 3 amide bonds. The summed E-state index contributed by atoms with van der Waals surface area (Å²) in [5.41, 5.74) is 4.22. The number of esters is 1. The number of piperazine rings is 1. The Morgan fingerprint density at radius 1 is 1.09 bits per heavy atom. The van der Waals surface area contributed by atoms with Gasteiger partial charge in [0.15, 0.2) is 0 Å². The molecule has 1 atom stereocenters. The van der Waals surface area contributed by atoms with Crippen LogP contribution in [0.25, 0.3) is 0 Å². The predicted molar refractivity (Wildman–Crippen MR) is 129 cm³/mol. The summed E-state index contributed by atoms with van der Waals surface area (Å²) in [5.74, 6) is 0.0949. The van der Waals surface area contributed by atoms with E-state index in [9.17, 15) is 14.4 Å². The van der Waals surface area contributed by atoms with E-state index in [2.05, 4.69) is 16.3 Å². The maximum atomic E-state index is 13.3. The van der Waals surface area contributed by atoms with Crippen molar-refractivity contribution in [1.29, 1.82) is 0 Å². The van der Waals surface area contributed by atoms with E-state index in [0.29, 0.717) is 50.5 Å². The van der Waals surface area contributed by atoms with Crippen LogP contribution in [-0.4, -0.2) is 78.5 Å². The molecule has 2 aliphatic heterocycles. The largest absolute Gasteiger partial charge is 0.463 e. The summed E-state index contributed by atoms with van der Waals surface area (Å²) in [6, 6.07) is 5.27. The average molecular weight is 469 g/mol. The van der Waals surface area contributed by atoms with Crippen molar-refractivity contribution in [3.8, 4) is 0 Å². The number of likely N-dealkylation sites (N-methyl/N-ethyl adjacent to an activating group) is 1. The lowest BCUT2D eigenvalue weighted by Crippen LogP contribution is -2.54. The van der Waals surface area contributed by atoms with Gasteiger partial charge in [-0.1, -0.05) is 23.8 Å². The predicted octanol–water partition coefficient (Wildman–Crippen LogP) is 2.76. The molecule has 4 rings (SSSR count). The van der Waals surface area contributed by atoms with Gasteiger partial charge >= 0.3 is 12.0 Å². The van der Waals surface area contributed by atoms with Crippen molar-refractivity contribution < 1.29 is 19.1 Å². The first-order valence-electron chi connectivity index (χ1n) is 12.4. The van der Waals surface area contributed by atoms with Gasteiger partial charge in [0, 0.05) is 50.9 Å². The van der Waals surface area contributed by atoms with Crippen LogP contribution in [0.2, 0.25) is 0 Å². The highest BCUT2D eigenvalue weighted by molar-refractivity contribution is 5.95. The van der Waals surface area contributed by atoms with Gasteiger partial charge in [-0.05, 0) is 51.7 Å². The van der Waals surface area contributed by atoms with Crippen LogP contribution in [0, 0.1) is 19.8 Å². The van der Waals surface area contributed by atoms with Gasteiger partial charge in [-0.25, -0.2) is 9.59 Å². The van der Waals surface area contributed by atoms with Crippen molar-refractivity contribution >= 4 is 17.9 Å². The Bertz CT molecular complexity index is 993. The summed E-state index contributed by atoms with van der Waals surface area (Å²) in [6.07, 6.45) is 2.02. The number of hydrogen-bond acceptors (Lipinski definition) is 5. The fraction of sp³-hybridized carbons (Fsp3) is 0.577. The molecule has 1 aromatic rings. The van der Waals surface area contributed by atoms with Gasteiger partial charge in [-0.3, -0.25) is 14.6 Å². The van der Waals surface area contributed by atoms with Gasteiger partial charge in [0.2, 0.25) is 5.91 Å². The van der Waals surface area contributed by atoms with Crippen LogP contribution in [0.1, 0.15) is 49.4 Å². The fourth-order valence-corrected chi connectivity index (χ4v) is 4.97. The molecule has 3 aliphatic rings. The quantitative estimate of drug-likeness (QED) is 0.623. The highest BCUT2D eigenvalue weighted by Gasteiger charge is 2.40. The molecular formula is C26H36N4O4. The second-order valence-corrected chi connectivity index (χ2v) is 9.44. The van der Waals surface area contributed by atoms with E-state index >= 15 is 0 Å². The second-order valence-electron chi connectivity index (χ2n) is 9.44. The molecule has 0 bridgehead atoms. The molecular weight excluding hydrogens is 432 g/mol. The van der Waals surface area contributed by atoms with Crippen molar-refractivity contribution in [3.05, 3.63) is 46.2 Å². The molecule has 2 heterocycles. The Morgan fingerprint density at radius 3 is 2.38 bits per heavy atom. The number of hydrogen-bond donors (Lipinski definition) is 1. The van der Waals surface area contributed by atoms with Gasteiger partial charge in [0.25, 0.3) is 0 Å². The Morgan fingerprint density at radius 2 is 1.79 bits per heavy atom. The summed E-state index contributed by atoms with van der Waals surface area (Å²) < 4.78 is 5.48. The first-order valence-corrected chi connectivity index (χ1v) is 12.4. The molecule has 1 N–H and O–H groups in total. The van der Waals surface area contributed by atoms with Crippen LogP contribution in [0.15, 0.2) is 29.5 Å². The molecule has 1 aliphatic carbocycles. The standard InChI is InChI=1S/C26H36N4O4/c1-5-30-21(16-28-11-13-29(14-12-28)24(31)19-8-9-19)22(25(32)34-6-2)23(27-26(30)33)20-10-7-17(3)15-18(20)4/h7,10,15,19,23H,5-6,8-9,11-14,16H2,1-4H3,(H,27,33). The van der Waals surface area contributed by atoms with Gasteiger partial charge in [-0.2, -0.15) is 0 Å². The van der Waals surface area contributed by atoms with E-state index in [4.69, 9.17) is 4.74 Å². The number of carbonyl (C=O) groups is 3. The maximum Gasteiger partial charge on any atom is 0.338 e. The van der Waals surface area contributed by atoms with E-state index in [1.54, 1.807) is 11.8 Å². The zero-order valence-electron chi connectivity index (χ0n) is 20.7. The molecule has 1 aromatic carbocycles. The summed E-state index contributed by atoms with van der Waals surface area (Å²) in [4.78, 5) is 44.7. The molecule has 184 valence electrons. The second kappa shape index (κ2) is 10.2. The Balaban J connectivity index is 1.65. The van der Waals surface area contributed by atoms with Gasteiger partial charge in [0.1, 0.15) is 0 Å².